The molecule has 0 aromatic heterocycles. The Labute approximate surface area is 478 Å². The number of ether oxygens (including phenoxy) is 3. The van der Waals surface area contributed by atoms with Gasteiger partial charge in [0.25, 0.3) is 0 Å². The molecule has 0 fully saturated rings. The fourth-order valence-corrected chi connectivity index (χ4v) is 9.70. The van der Waals surface area contributed by atoms with Crippen LogP contribution in [0.15, 0.2) is 72.9 Å². The topological polar surface area (TPSA) is 78.9 Å². The lowest BCUT2D eigenvalue weighted by molar-refractivity contribution is -0.167. The molecular weight excluding hydrogens is 949 g/mol. The minimum absolute atomic E-state index is 0.0721. The maximum Gasteiger partial charge on any atom is 0.306 e. The number of carbonyl (C=O) groups is 3. The summed E-state index contributed by atoms with van der Waals surface area (Å²) in [7, 11) is 0. The summed E-state index contributed by atoms with van der Waals surface area (Å²) < 4.78 is 16.8. The van der Waals surface area contributed by atoms with E-state index in [1.54, 1.807) is 0 Å². The first-order valence-electron chi connectivity index (χ1n) is 33.4. The van der Waals surface area contributed by atoms with Gasteiger partial charge in [-0.1, -0.05) is 306 Å². The molecule has 0 saturated heterocycles. The Kier molecular flexibility index (Phi) is 62.7. The fraction of sp³-hybridized carbons (Fsp3) is 0.789. The zero-order valence-corrected chi connectivity index (χ0v) is 51.2. The second kappa shape index (κ2) is 65.4. The molecule has 1 unspecified atom stereocenters. The van der Waals surface area contributed by atoms with Crippen LogP contribution in [0.3, 0.4) is 0 Å². The van der Waals surface area contributed by atoms with E-state index in [1.165, 1.54) is 205 Å². The largest absolute Gasteiger partial charge is 0.462 e. The van der Waals surface area contributed by atoms with Gasteiger partial charge >= 0.3 is 17.9 Å². The highest BCUT2D eigenvalue weighted by Crippen LogP contribution is 2.17. The van der Waals surface area contributed by atoms with Crippen molar-refractivity contribution in [2.75, 3.05) is 13.2 Å². The maximum absolute atomic E-state index is 12.8. The summed E-state index contributed by atoms with van der Waals surface area (Å²) in [5, 5.41) is 0. The van der Waals surface area contributed by atoms with Gasteiger partial charge in [0.2, 0.25) is 0 Å². The van der Waals surface area contributed by atoms with E-state index in [-0.39, 0.29) is 31.1 Å². The Hall–Kier alpha value is -3.15. The van der Waals surface area contributed by atoms with Crippen molar-refractivity contribution in [1.82, 2.24) is 0 Å². The summed E-state index contributed by atoms with van der Waals surface area (Å²) in [6.07, 6.45) is 85.5. The molecule has 0 rings (SSSR count). The molecule has 0 aliphatic carbocycles. The van der Waals surface area contributed by atoms with Gasteiger partial charge in [0.1, 0.15) is 13.2 Å². The van der Waals surface area contributed by atoms with Crippen LogP contribution in [0.1, 0.15) is 342 Å². The summed E-state index contributed by atoms with van der Waals surface area (Å²) >= 11 is 0. The molecule has 0 amide bonds. The third-order valence-electron chi connectivity index (χ3n) is 14.7. The van der Waals surface area contributed by atoms with Gasteiger partial charge in [-0.15, -0.1) is 0 Å². The summed E-state index contributed by atoms with van der Waals surface area (Å²) in [4.78, 5) is 38.0. The predicted molar refractivity (Wildman–Crippen MR) is 335 cm³/mol. The molecule has 0 radical (unpaired) electrons. The third kappa shape index (κ3) is 63.6. The average Bonchev–Trinajstić information content (AvgIpc) is 3.43. The van der Waals surface area contributed by atoms with Gasteiger partial charge in [-0.3, -0.25) is 14.4 Å². The van der Waals surface area contributed by atoms with Gasteiger partial charge in [0.15, 0.2) is 6.10 Å². The number of allylic oxidation sites excluding steroid dienone is 12. The lowest BCUT2D eigenvalue weighted by Gasteiger charge is -2.18. The minimum atomic E-state index is -0.771. The summed E-state index contributed by atoms with van der Waals surface area (Å²) in [6.45, 7) is 6.48. The molecule has 1 atom stereocenters. The molecule has 77 heavy (non-hydrogen) atoms. The highest BCUT2D eigenvalue weighted by atomic mass is 16.6. The number of carbonyl (C=O) groups excluding carboxylic acids is 3. The summed E-state index contributed by atoms with van der Waals surface area (Å²) in [5.74, 6) is -0.871. The molecule has 0 aromatic rings. The van der Waals surface area contributed by atoms with E-state index in [2.05, 4.69) is 93.7 Å². The molecule has 0 heterocycles. The Morgan fingerprint density at radius 1 is 0.273 bits per heavy atom. The number of hydrogen-bond acceptors (Lipinski definition) is 6. The van der Waals surface area contributed by atoms with E-state index in [0.29, 0.717) is 19.3 Å². The third-order valence-corrected chi connectivity index (χ3v) is 14.7. The number of rotatable bonds is 61. The Morgan fingerprint density at radius 3 is 0.792 bits per heavy atom. The van der Waals surface area contributed by atoms with Crippen molar-refractivity contribution in [3.63, 3.8) is 0 Å². The fourth-order valence-electron chi connectivity index (χ4n) is 9.70. The Morgan fingerprint density at radius 2 is 0.506 bits per heavy atom. The highest BCUT2D eigenvalue weighted by Gasteiger charge is 2.19. The Bertz CT molecular complexity index is 1420. The average molecular weight is 1080 g/mol. The molecular formula is C71H126O6. The summed E-state index contributed by atoms with van der Waals surface area (Å²) in [5.41, 5.74) is 0. The minimum Gasteiger partial charge on any atom is -0.462 e. The molecule has 0 bridgehead atoms. The van der Waals surface area contributed by atoms with E-state index >= 15 is 0 Å². The van der Waals surface area contributed by atoms with Crippen LogP contribution >= 0.6 is 0 Å². The van der Waals surface area contributed by atoms with Crippen LogP contribution in [0.4, 0.5) is 0 Å². The molecule has 0 aromatic carbocycles. The normalized spacial score (nSPS) is 12.5. The van der Waals surface area contributed by atoms with Crippen LogP contribution in [0, 0.1) is 0 Å². The van der Waals surface area contributed by atoms with E-state index in [1.807, 2.05) is 0 Å². The molecule has 0 N–H and O–H groups in total. The van der Waals surface area contributed by atoms with Crippen molar-refractivity contribution in [1.29, 1.82) is 0 Å². The van der Waals surface area contributed by atoms with Gasteiger partial charge in [-0.05, 0) is 89.9 Å². The first kappa shape index (κ1) is 73.8. The smallest absolute Gasteiger partial charge is 0.306 e. The SMILES string of the molecule is CC/C=C\C/C=C\C/C=C\C/C=C\CCCCCCCCCCCCCCCCCCC(=O)OCC(COC(=O)CCCCCCC)OC(=O)CCCCCCCCCCCCCCC/C=C\C/C=C\CCCCCCC. The van der Waals surface area contributed by atoms with Crippen LogP contribution in [-0.2, 0) is 28.6 Å². The van der Waals surface area contributed by atoms with Crippen molar-refractivity contribution in [3.8, 4) is 0 Å². The van der Waals surface area contributed by atoms with Crippen LogP contribution < -0.4 is 0 Å². The first-order valence-corrected chi connectivity index (χ1v) is 33.4. The molecule has 0 aliphatic rings. The molecule has 446 valence electrons. The zero-order chi connectivity index (χ0) is 55.7. The van der Waals surface area contributed by atoms with Crippen molar-refractivity contribution >= 4 is 17.9 Å². The highest BCUT2D eigenvalue weighted by molar-refractivity contribution is 5.71. The molecule has 0 spiro atoms. The number of esters is 3. The van der Waals surface area contributed by atoms with Gasteiger partial charge < -0.3 is 14.2 Å². The molecule has 6 heteroatoms. The first-order chi connectivity index (χ1) is 38.0. The van der Waals surface area contributed by atoms with Crippen molar-refractivity contribution < 1.29 is 28.6 Å². The van der Waals surface area contributed by atoms with E-state index in [4.69, 9.17) is 14.2 Å². The van der Waals surface area contributed by atoms with Crippen LogP contribution in [0.25, 0.3) is 0 Å². The quantitative estimate of drug-likeness (QED) is 0.0261. The van der Waals surface area contributed by atoms with Crippen molar-refractivity contribution in [2.24, 2.45) is 0 Å². The van der Waals surface area contributed by atoms with E-state index in [9.17, 15) is 14.4 Å². The maximum atomic E-state index is 12.8. The number of unbranched alkanes of at least 4 members (excludes halogenated alkanes) is 38. The second-order valence-corrected chi connectivity index (χ2v) is 22.4. The van der Waals surface area contributed by atoms with Gasteiger partial charge in [-0.2, -0.15) is 0 Å². The van der Waals surface area contributed by atoms with E-state index < -0.39 is 6.10 Å². The van der Waals surface area contributed by atoms with Crippen molar-refractivity contribution in [2.45, 2.75) is 348 Å². The van der Waals surface area contributed by atoms with E-state index in [0.717, 1.165) is 96.3 Å². The summed E-state index contributed by atoms with van der Waals surface area (Å²) in [6, 6.07) is 0. The lowest BCUT2D eigenvalue weighted by Crippen LogP contribution is -2.30. The van der Waals surface area contributed by atoms with Crippen LogP contribution in [0.2, 0.25) is 0 Å². The van der Waals surface area contributed by atoms with Gasteiger partial charge in [0, 0.05) is 19.3 Å². The number of hydrogen-bond donors (Lipinski definition) is 0. The Balaban J connectivity index is 3.98. The second-order valence-electron chi connectivity index (χ2n) is 22.4. The van der Waals surface area contributed by atoms with Gasteiger partial charge in [0.05, 0.1) is 0 Å². The molecule has 0 aliphatic heterocycles. The standard InChI is InChI=1S/C71H126O6/c1-4-7-10-13-15-17-19-21-23-25-27-29-31-33-34-35-36-38-39-41-43-45-47-49-51-53-55-58-61-64-70(73)76-67-68(66-75-69(72)63-60-57-12-9-6-3)77-71(74)65-62-59-56-54-52-50-48-46-44-42-40-37-32-30-28-26-24-22-20-18-16-14-11-8-5-2/h7,10,15,17,20-23,26-29,68H,4-6,8-9,11-14,16,18-19,24-25,30-67H2,1-3H3/b10-7-,17-15-,22-20-,23-21-,28-26-,29-27-. The lowest BCUT2D eigenvalue weighted by atomic mass is 10.0. The van der Waals surface area contributed by atoms with Crippen LogP contribution in [0.5, 0.6) is 0 Å². The van der Waals surface area contributed by atoms with Crippen LogP contribution in [-0.4, -0.2) is 37.2 Å². The van der Waals surface area contributed by atoms with Gasteiger partial charge in [-0.25, -0.2) is 0 Å². The van der Waals surface area contributed by atoms with Crippen molar-refractivity contribution in [3.05, 3.63) is 72.9 Å². The zero-order valence-electron chi connectivity index (χ0n) is 51.2. The molecule has 6 nitrogen and oxygen atoms in total. The molecule has 0 saturated carbocycles. The predicted octanol–water partition coefficient (Wildman–Crippen LogP) is 22.9. The monoisotopic (exact) mass is 1070 g/mol.